The summed E-state index contributed by atoms with van der Waals surface area (Å²) < 4.78 is 4.28. The molecule has 1 fully saturated rings. The molecule has 4 aromatic rings. The Bertz CT molecular complexity index is 1170. The first-order chi connectivity index (χ1) is 12.6. The normalized spacial score (nSPS) is 14.3. The standard InChI is InChI=1S/C20H18N4O2/c1-23-16-7-6-14(20(25)26)9-15(16)22-19(23)17-10-13-3-2-8-21-18(13)24(17)11-12-4-5-12/h2-3,6-10,12H,4-5,11H2,1H3,(H,25,26). The summed E-state index contributed by atoms with van der Waals surface area (Å²) in [6.07, 6.45) is 4.34. The molecule has 0 radical (unpaired) electrons. The van der Waals surface area contributed by atoms with Crippen LogP contribution in [0.25, 0.3) is 33.6 Å². The van der Waals surface area contributed by atoms with Crippen molar-refractivity contribution in [2.24, 2.45) is 13.0 Å². The lowest BCUT2D eigenvalue weighted by Gasteiger charge is -2.09. The van der Waals surface area contributed by atoms with Crippen molar-refractivity contribution in [3.05, 3.63) is 48.2 Å². The molecule has 0 unspecified atom stereocenters. The third-order valence-electron chi connectivity index (χ3n) is 5.15. The number of aromatic nitrogens is 4. The molecule has 6 heteroatoms. The molecule has 1 N–H and O–H groups in total. The molecule has 130 valence electrons. The zero-order chi connectivity index (χ0) is 17.8. The van der Waals surface area contributed by atoms with Gasteiger partial charge in [-0.15, -0.1) is 0 Å². The Balaban J connectivity index is 1.74. The van der Waals surface area contributed by atoms with Crippen LogP contribution in [0.2, 0.25) is 0 Å². The third kappa shape index (κ3) is 2.29. The Hall–Kier alpha value is -3.15. The molecule has 1 aromatic carbocycles. The van der Waals surface area contributed by atoms with Gasteiger partial charge in [0.05, 0.1) is 22.3 Å². The van der Waals surface area contributed by atoms with E-state index in [1.165, 1.54) is 12.8 Å². The molecule has 0 aliphatic heterocycles. The minimum absolute atomic E-state index is 0.252. The molecular weight excluding hydrogens is 328 g/mol. The van der Waals surface area contributed by atoms with E-state index in [1.807, 2.05) is 29.9 Å². The van der Waals surface area contributed by atoms with Gasteiger partial charge >= 0.3 is 5.97 Å². The Kier molecular flexibility index (Phi) is 3.16. The number of imidazole rings is 1. The lowest BCUT2D eigenvalue weighted by atomic mass is 10.2. The second-order valence-electron chi connectivity index (χ2n) is 7.00. The van der Waals surface area contributed by atoms with Crippen molar-refractivity contribution in [3.63, 3.8) is 0 Å². The van der Waals surface area contributed by atoms with Crippen LogP contribution in [0.1, 0.15) is 23.2 Å². The molecule has 6 nitrogen and oxygen atoms in total. The first-order valence-corrected chi connectivity index (χ1v) is 8.76. The Morgan fingerprint density at radius 3 is 2.88 bits per heavy atom. The Morgan fingerprint density at radius 2 is 2.12 bits per heavy atom. The van der Waals surface area contributed by atoms with Crippen LogP contribution in [0.4, 0.5) is 0 Å². The van der Waals surface area contributed by atoms with Crippen LogP contribution in [0, 0.1) is 5.92 Å². The van der Waals surface area contributed by atoms with Crippen LogP contribution in [-0.4, -0.2) is 30.2 Å². The van der Waals surface area contributed by atoms with E-state index in [4.69, 9.17) is 4.98 Å². The predicted molar refractivity (Wildman–Crippen MR) is 99.1 cm³/mol. The Labute approximate surface area is 149 Å². The summed E-state index contributed by atoms with van der Waals surface area (Å²) in [5, 5.41) is 10.3. The van der Waals surface area contributed by atoms with E-state index in [9.17, 15) is 9.90 Å². The summed E-state index contributed by atoms with van der Waals surface area (Å²) >= 11 is 0. The SMILES string of the molecule is Cn1c(-c2cc3cccnc3n2CC2CC2)nc2cc(C(=O)O)ccc21. The first-order valence-electron chi connectivity index (χ1n) is 8.76. The lowest BCUT2D eigenvalue weighted by Crippen LogP contribution is -2.05. The molecule has 3 aromatic heterocycles. The van der Waals surface area contributed by atoms with Gasteiger partial charge in [-0.1, -0.05) is 0 Å². The predicted octanol–water partition coefficient (Wildman–Crippen LogP) is 3.70. The number of aromatic carboxylic acids is 1. The van der Waals surface area contributed by atoms with Crippen molar-refractivity contribution in [3.8, 4) is 11.5 Å². The fraction of sp³-hybridized carbons (Fsp3) is 0.250. The van der Waals surface area contributed by atoms with Gasteiger partial charge in [-0.2, -0.15) is 0 Å². The van der Waals surface area contributed by atoms with E-state index >= 15 is 0 Å². The van der Waals surface area contributed by atoms with Gasteiger partial charge in [-0.05, 0) is 55.2 Å². The van der Waals surface area contributed by atoms with E-state index < -0.39 is 5.97 Å². The van der Waals surface area contributed by atoms with Crippen molar-refractivity contribution in [1.82, 2.24) is 19.1 Å². The number of carbonyl (C=O) groups is 1. The van der Waals surface area contributed by atoms with Crippen LogP contribution < -0.4 is 0 Å². The fourth-order valence-electron chi connectivity index (χ4n) is 3.58. The number of carboxylic acid groups (broad SMARTS) is 1. The van der Waals surface area contributed by atoms with E-state index in [-0.39, 0.29) is 5.56 Å². The van der Waals surface area contributed by atoms with Crippen LogP contribution in [0.5, 0.6) is 0 Å². The summed E-state index contributed by atoms with van der Waals surface area (Å²) in [7, 11) is 1.97. The lowest BCUT2D eigenvalue weighted by molar-refractivity contribution is 0.0697. The van der Waals surface area contributed by atoms with Crippen LogP contribution in [0.3, 0.4) is 0 Å². The molecule has 0 spiro atoms. The smallest absolute Gasteiger partial charge is 0.335 e. The summed E-state index contributed by atoms with van der Waals surface area (Å²) in [4.78, 5) is 20.6. The Morgan fingerprint density at radius 1 is 1.27 bits per heavy atom. The van der Waals surface area contributed by atoms with Gasteiger partial charge in [-0.3, -0.25) is 0 Å². The van der Waals surface area contributed by atoms with Gasteiger partial charge in [0, 0.05) is 25.2 Å². The maximum absolute atomic E-state index is 11.3. The second kappa shape index (κ2) is 5.42. The molecule has 0 atom stereocenters. The van der Waals surface area contributed by atoms with Crippen molar-refractivity contribution >= 4 is 28.0 Å². The average Bonchev–Trinajstić information content (AvgIpc) is 3.31. The van der Waals surface area contributed by atoms with Crippen molar-refractivity contribution in [2.75, 3.05) is 0 Å². The largest absolute Gasteiger partial charge is 0.478 e. The van der Waals surface area contributed by atoms with Gasteiger partial charge in [0.2, 0.25) is 0 Å². The highest BCUT2D eigenvalue weighted by Gasteiger charge is 2.25. The number of carboxylic acids is 1. The van der Waals surface area contributed by atoms with Crippen LogP contribution >= 0.6 is 0 Å². The quantitative estimate of drug-likeness (QED) is 0.611. The highest BCUT2D eigenvalue weighted by Crippen LogP contribution is 2.35. The van der Waals surface area contributed by atoms with Gasteiger partial charge in [0.1, 0.15) is 5.65 Å². The first kappa shape index (κ1) is 15.1. The van der Waals surface area contributed by atoms with Gasteiger partial charge in [0.15, 0.2) is 5.82 Å². The molecule has 26 heavy (non-hydrogen) atoms. The van der Waals surface area contributed by atoms with Crippen LogP contribution in [0.15, 0.2) is 42.6 Å². The molecule has 0 amide bonds. The minimum Gasteiger partial charge on any atom is -0.478 e. The fourth-order valence-corrected chi connectivity index (χ4v) is 3.58. The summed E-state index contributed by atoms with van der Waals surface area (Å²) in [6.45, 7) is 0.944. The number of rotatable bonds is 4. The molecule has 1 aliphatic rings. The topological polar surface area (TPSA) is 72.9 Å². The van der Waals surface area contributed by atoms with E-state index in [0.717, 1.165) is 34.6 Å². The van der Waals surface area contributed by atoms with Crippen molar-refractivity contribution in [1.29, 1.82) is 0 Å². The number of aryl methyl sites for hydroxylation is 1. The number of hydrogen-bond donors (Lipinski definition) is 1. The molecule has 1 saturated carbocycles. The summed E-state index contributed by atoms with van der Waals surface area (Å²) in [5.41, 5.74) is 3.87. The van der Waals surface area contributed by atoms with Gasteiger partial charge in [-0.25, -0.2) is 14.8 Å². The zero-order valence-corrected chi connectivity index (χ0v) is 14.4. The second-order valence-corrected chi connectivity index (χ2v) is 7.00. The number of nitrogens with zero attached hydrogens (tertiary/aromatic N) is 4. The zero-order valence-electron chi connectivity index (χ0n) is 14.4. The van der Waals surface area contributed by atoms with Gasteiger partial charge in [0.25, 0.3) is 0 Å². The van der Waals surface area contributed by atoms with Crippen molar-refractivity contribution in [2.45, 2.75) is 19.4 Å². The van der Waals surface area contributed by atoms with Gasteiger partial charge < -0.3 is 14.2 Å². The maximum Gasteiger partial charge on any atom is 0.335 e. The number of fused-ring (bicyclic) bond motifs is 2. The van der Waals surface area contributed by atoms with Crippen LogP contribution in [-0.2, 0) is 13.6 Å². The monoisotopic (exact) mass is 346 g/mol. The summed E-state index contributed by atoms with van der Waals surface area (Å²) in [6, 6.07) is 11.2. The van der Waals surface area contributed by atoms with E-state index in [2.05, 4.69) is 21.7 Å². The molecule has 0 bridgehead atoms. The summed E-state index contributed by atoms with van der Waals surface area (Å²) in [5.74, 6) is 0.604. The van der Waals surface area contributed by atoms with E-state index in [1.54, 1.807) is 12.1 Å². The average molecular weight is 346 g/mol. The molecule has 5 rings (SSSR count). The highest BCUT2D eigenvalue weighted by atomic mass is 16.4. The number of pyridine rings is 1. The number of benzene rings is 1. The maximum atomic E-state index is 11.3. The van der Waals surface area contributed by atoms with Crippen molar-refractivity contribution < 1.29 is 9.90 Å². The molecule has 0 saturated heterocycles. The minimum atomic E-state index is -0.939. The number of hydrogen-bond acceptors (Lipinski definition) is 3. The van der Waals surface area contributed by atoms with E-state index in [0.29, 0.717) is 11.4 Å². The molecule has 1 aliphatic carbocycles. The molecule has 3 heterocycles. The third-order valence-corrected chi connectivity index (χ3v) is 5.15. The highest BCUT2D eigenvalue weighted by molar-refractivity contribution is 5.93. The molecular formula is C20H18N4O2.